The summed E-state index contributed by atoms with van der Waals surface area (Å²) in [6.45, 7) is 2.75. The molecule has 0 saturated carbocycles. The first-order valence-corrected chi connectivity index (χ1v) is 5.27. The predicted molar refractivity (Wildman–Crippen MR) is 55.6 cm³/mol. The molecule has 1 rings (SSSR count). The van der Waals surface area contributed by atoms with Gasteiger partial charge in [-0.3, -0.25) is 4.79 Å². The fourth-order valence-corrected chi connectivity index (χ4v) is 1.48. The Morgan fingerprint density at radius 1 is 1.00 bits per heavy atom. The first-order valence-electron chi connectivity index (χ1n) is 5.27. The lowest BCUT2D eigenvalue weighted by molar-refractivity contribution is -0.143. The van der Waals surface area contributed by atoms with Gasteiger partial charge in [-0.1, -0.05) is 19.9 Å². The number of rotatable bonds is 2. The van der Waals surface area contributed by atoms with E-state index in [1.165, 1.54) is 13.8 Å². The van der Waals surface area contributed by atoms with Crippen molar-refractivity contribution < 1.29 is 31.1 Å². The number of carbonyl (C=O) groups excluding carboxylic acids is 1. The maximum atomic E-state index is 12.7. The van der Waals surface area contributed by atoms with Crippen molar-refractivity contribution in [1.29, 1.82) is 0 Å². The summed E-state index contributed by atoms with van der Waals surface area (Å²) in [5, 5.41) is 0. The van der Waals surface area contributed by atoms with Crippen molar-refractivity contribution in [3.05, 3.63) is 34.9 Å². The van der Waals surface area contributed by atoms with Crippen LogP contribution in [0, 0.1) is 5.92 Å². The molecule has 19 heavy (non-hydrogen) atoms. The van der Waals surface area contributed by atoms with Crippen LogP contribution in [0.5, 0.6) is 0 Å². The van der Waals surface area contributed by atoms with Crippen LogP contribution in [-0.2, 0) is 12.4 Å². The third kappa shape index (κ3) is 3.48. The number of carbonyl (C=O) groups is 1. The zero-order chi connectivity index (χ0) is 15.0. The van der Waals surface area contributed by atoms with Gasteiger partial charge in [-0.2, -0.15) is 26.3 Å². The van der Waals surface area contributed by atoms with Gasteiger partial charge in [-0.05, 0) is 12.1 Å². The maximum absolute atomic E-state index is 12.7. The fraction of sp³-hybridized carbons (Fsp3) is 0.417. The van der Waals surface area contributed by atoms with Gasteiger partial charge < -0.3 is 0 Å². The number of alkyl halides is 6. The van der Waals surface area contributed by atoms with Crippen LogP contribution in [0.1, 0.15) is 35.3 Å². The van der Waals surface area contributed by atoms with E-state index in [1.54, 1.807) is 0 Å². The van der Waals surface area contributed by atoms with Gasteiger partial charge in [0.25, 0.3) is 0 Å². The molecule has 0 aliphatic carbocycles. The summed E-state index contributed by atoms with van der Waals surface area (Å²) in [4.78, 5) is 11.6. The molecule has 0 fully saturated rings. The van der Waals surface area contributed by atoms with E-state index in [4.69, 9.17) is 0 Å². The Bertz CT molecular complexity index is 484. The fourth-order valence-electron chi connectivity index (χ4n) is 1.48. The normalized spacial score (nSPS) is 12.9. The van der Waals surface area contributed by atoms with Crippen LogP contribution in [0.2, 0.25) is 0 Å². The molecule has 1 nitrogen and oxygen atoms in total. The monoisotopic (exact) mass is 284 g/mol. The van der Waals surface area contributed by atoms with E-state index in [0.29, 0.717) is 12.1 Å². The Morgan fingerprint density at radius 2 is 1.53 bits per heavy atom. The second-order valence-electron chi connectivity index (χ2n) is 4.27. The Hall–Kier alpha value is -1.53. The first kappa shape index (κ1) is 15.5. The van der Waals surface area contributed by atoms with E-state index in [0.717, 1.165) is 0 Å². The highest BCUT2D eigenvalue weighted by Gasteiger charge is 2.39. The predicted octanol–water partition coefficient (Wildman–Crippen LogP) is 4.56. The number of halogens is 6. The molecular formula is C12H10F6O. The van der Waals surface area contributed by atoms with E-state index >= 15 is 0 Å². The van der Waals surface area contributed by atoms with Crippen LogP contribution in [0.4, 0.5) is 26.3 Å². The Balaban J connectivity index is 3.47. The van der Waals surface area contributed by atoms with Crippen LogP contribution in [-0.4, -0.2) is 5.78 Å². The van der Waals surface area contributed by atoms with Crippen LogP contribution < -0.4 is 0 Å². The van der Waals surface area contributed by atoms with Crippen LogP contribution in [0.3, 0.4) is 0 Å². The molecule has 0 N–H and O–H groups in total. The Morgan fingerprint density at radius 3 is 1.89 bits per heavy atom. The summed E-state index contributed by atoms with van der Waals surface area (Å²) in [7, 11) is 0. The standard InChI is InChI=1S/C12H10F6O/c1-6(2)10(19)8-4-3-7(11(13,14)15)5-9(8)12(16,17)18/h3-6H,1-2H3. The van der Waals surface area contributed by atoms with Crippen molar-refractivity contribution >= 4 is 5.78 Å². The molecule has 0 spiro atoms. The molecule has 0 bridgehead atoms. The van der Waals surface area contributed by atoms with Crippen LogP contribution in [0.15, 0.2) is 18.2 Å². The second kappa shape index (κ2) is 4.86. The number of ketones is 1. The van der Waals surface area contributed by atoms with Gasteiger partial charge >= 0.3 is 12.4 Å². The highest BCUT2D eigenvalue weighted by atomic mass is 19.4. The van der Waals surface area contributed by atoms with E-state index < -0.39 is 40.7 Å². The van der Waals surface area contributed by atoms with E-state index in [1.807, 2.05) is 0 Å². The van der Waals surface area contributed by atoms with Crippen molar-refractivity contribution in [2.45, 2.75) is 26.2 Å². The highest BCUT2D eigenvalue weighted by Crippen LogP contribution is 2.37. The molecule has 1 aromatic carbocycles. The molecule has 0 atom stereocenters. The van der Waals surface area contributed by atoms with Crippen LogP contribution >= 0.6 is 0 Å². The molecule has 106 valence electrons. The van der Waals surface area contributed by atoms with Gasteiger partial charge in [-0.15, -0.1) is 0 Å². The molecule has 0 amide bonds. The number of Topliss-reactive ketones (excluding diaryl/α,β-unsaturated/α-hetero) is 1. The van der Waals surface area contributed by atoms with Gasteiger partial charge in [0.1, 0.15) is 0 Å². The maximum Gasteiger partial charge on any atom is 0.417 e. The lowest BCUT2D eigenvalue weighted by Crippen LogP contribution is -2.18. The molecule has 0 heterocycles. The van der Waals surface area contributed by atoms with Crippen LogP contribution in [0.25, 0.3) is 0 Å². The first-order chi connectivity index (χ1) is 8.44. The topological polar surface area (TPSA) is 17.1 Å². The molecule has 0 aliphatic rings. The molecule has 7 heteroatoms. The smallest absolute Gasteiger partial charge is 0.294 e. The summed E-state index contributed by atoms with van der Waals surface area (Å²) < 4.78 is 75.3. The van der Waals surface area contributed by atoms with Crippen molar-refractivity contribution in [3.63, 3.8) is 0 Å². The quantitative estimate of drug-likeness (QED) is 0.574. The van der Waals surface area contributed by atoms with E-state index in [9.17, 15) is 31.1 Å². The summed E-state index contributed by atoms with van der Waals surface area (Å²) >= 11 is 0. The summed E-state index contributed by atoms with van der Waals surface area (Å²) in [5.74, 6) is -1.58. The molecule has 0 radical (unpaired) electrons. The third-order valence-corrected chi connectivity index (χ3v) is 2.44. The van der Waals surface area contributed by atoms with Crippen molar-refractivity contribution in [2.75, 3.05) is 0 Å². The minimum atomic E-state index is -5.01. The average Bonchev–Trinajstić information content (AvgIpc) is 2.24. The molecule has 1 aromatic rings. The van der Waals surface area contributed by atoms with Gasteiger partial charge in [0, 0.05) is 11.5 Å². The van der Waals surface area contributed by atoms with Crippen molar-refractivity contribution in [1.82, 2.24) is 0 Å². The zero-order valence-corrected chi connectivity index (χ0v) is 9.99. The summed E-state index contributed by atoms with van der Waals surface area (Å²) in [5.41, 5.74) is -3.73. The van der Waals surface area contributed by atoms with Crippen molar-refractivity contribution in [2.24, 2.45) is 5.92 Å². The largest absolute Gasteiger partial charge is 0.417 e. The number of hydrogen-bond acceptors (Lipinski definition) is 1. The molecule has 0 aliphatic heterocycles. The van der Waals surface area contributed by atoms with E-state index in [2.05, 4.69) is 0 Å². The van der Waals surface area contributed by atoms with Gasteiger partial charge in [0.05, 0.1) is 11.1 Å². The number of benzene rings is 1. The lowest BCUT2D eigenvalue weighted by Gasteiger charge is -2.16. The summed E-state index contributed by atoms with van der Waals surface area (Å²) in [6.07, 6.45) is -9.90. The summed E-state index contributed by atoms with van der Waals surface area (Å²) in [6, 6.07) is 1.02. The highest BCUT2D eigenvalue weighted by molar-refractivity contribution is 5.99. The van der Waals surface area contributed by atoms with Gasteiger partial charge in [0.15, 0.2) is 5.78 Å². The molecule has 0 saturated heterocycles. The minimum absolute atomic E-state index is 0.0321. The minimum Gasteiger partial charge on any atom is -0.294 e. The SMILES string of the molecule is CC(C)C(=O)c1ccc(C(F)(F)F)cc1C(F)(F)F. The third-order valence-electron chi connectivity index (χ3n) is 2.44. The average molecular weight is 284 g/mol. The zero-order valence-electron chi connectivity index (χ0n) is 9.99. The molecule has 0 aromatic heterocycles. The molecule has 0 unspecified atom stereocenters. The van der Waals surface area contributed by atoms with Gasteiger partial charge in [-0.25, -0.2) is 0 Å². The number of hydrogen-bond donors (Lipinski definition) is 0. The second-order valence-corrected chi connectivity index (χ2v) is 4.27. The van der Waals surface area contributed by atoms with Gasteiger partial charge in [0.2, 0.25) is 0 Å². The Labute approximate surface area is 105 Å². The molecular weight excluding hydrogens is 274 g/mol. The lowest BCUT2D eigenvalue weighted by atomic mass is 9.94. The van der Waals surface area contributed by atoms with E-state index in [-0.39, 0.29) is 6.07 Å². The van der Waals surface area contributed by atoms with Crippen molar-refractivity contribution in [3.8, 4) is 0 Å². The Kier molecular flexibility index (Phi) is 3.97.